The van der Waals surface area contributed by atoms with Gasteiger partial charge in [0.2, 0.25) is 5.89 Å². The van der Waals surface area contributed by atoms with E-state index in [9.17, 15) is 13.2 Å². The van der Waals surface area contributed by atoms with Crippen LogP contribution in [-0.4, -0.2) is 20.1 Å². The van der Waals surface area contributed by atoms with Crippen molar-refractivity contribution in [3.05, 3.63) is 29.7 Å². The van der Waals surface area contributed by atoms with Crippen LogP contribution in [-0.2, 0) is 12.6 Å². The van der Waals surface area contributed by atoms with Crippen molar-refractivity contribution in [1.29, 1.82) is 0 Å². The predicted octanol–water partition coefficient (Wildman–Crippen LogP) is 4.07. The van der Waals surface area contributed by atoms with Crippen LogP contribution in [0, 0.1) is 0 Å². The maximum atomic E-state index is 12.6. The first-order valence-electron chi connectivity index (χ1n) is 6.79. The molecular weight excluding hydrogens is 317 g/mol. The van der Waals surface area contributed by atoms with Crippen LogP contribution >= 0.6 is 11.8 Å². The van der Waals surface area contributed by atoms with E-state index in [-0.39, 0.29) is 10.4 Å². The first kappa shape index (κ1) is 16.7. The number of thioether (sulfide) groups is 1. The van der Waals surface area contributed by atoms with E-state index in [1.54, 1.807) is 6.92 Å². The Labute approximate surface area is 129 Å². The lowest BCUT2D eigenvalue weighted by atomic mass is 10.2. The fourth-order valence-corrected chi connectivity index (χ4v) is 2.42. The predicted molar refractivity (Wildman–Crippen MR) is 74.2 cm³/mol. The third kappa shape index (κ3) is 4.43. The van der Waals surface area contributed by atoms with E-state index in [0.717, 1.165) is 43.3 Å². The second-order valence-electron chi connectivity index (χ2n) is 4.63. The number of rotatable bonds is 6. The number of hydrogen-bond acceptors (Lipinski definition) is 6. The van der Waals surface area contributed by atoms with Gasteiger partial charge in [0.1, 0.15) is 5.69 Å². The van der Waals surface area contributed by atoms with Crippen molar-refractivity contribution in [3.8, 4) is 0 Å². The molecule has 0 radical (unpaired) electrons. The molecule has 0 aliphatic rings. The molecule has 0 aliphatic heterocycles. The summed E-state index contributed by atoms with van der Waals surface area (Å²) in [6.45, 7) is 3.82. The lowest BCUT2D eigenvalue weighted by Gasteiger charge is -2.08. The number of aryl methyl sites for hydroxylation is 1. The van der Waals surface area contributed by atoms with E-state index in [1.807, 2.05) is 0 Å². The molecule has 0 aliphatic carbocycles. The molecule has 1 atom stereocenters. The fraction of sp³-hybridized carbons (Fsp3) is 0.538. The highest BCUT2D eigenvalue weighted by molar-refractivity contribution is 7.99. The Morgan fingerprint density at radius 1 is 1.32 bits per heavy atom. The molecule has 2 aromatic rings. The molecule has 0 aromatic carbocycles. The summed E-state index contributed by atoms with van der Waals surface area (Å²) in [4.78, 5) is 11.6. The zero-order valence-electron chi connectivity index (χ0n) is 12.1. The molecule has 0 unspecified atom stereocenters. The minimum Gasteiger partial charge on any atom is -0.338 e. The van der Waals surface area contributed by atoms with Gasteiger partial charge in [-0.15, -0.1) is 0 Å². The van der Waals surface area contributed by atoms with Gasteiger partial charge in [-0.05, 0) is 19.4 Å². The molecule has 0 N–H and O–H groups in total. The van der Waals surface area contributed by atoms with Crippen LogP contribution in [0.15, 0.2) is 21.9 Å². The van der Waals surface area contributed by atoms with Crippen LogP contribution in [0.3, 0.4) is 0 Å². The van der Waals surface area contributed by atoms with Gasteiger partial charge in [0.05, 0.1) is 5.25 Å². The molecule has 2 aromatic heterocycles. The maximum absolute atomic E-state index is 12.6. The van der Waals surface area contributed by atoms with Crippen molar-refractivity contribution in [1.82, 2.24) is 20.1 Å². The van der Waals surface area contributed by atoms with E-state index in [4.69, 9.17) is 4.52 Å². The average molecular weight is 332 g/mol. The van der Waals surface area contributed by atoms with Gasteiger partial charge in [0.25, 0.3) is 0 Å². The largest absolute Gasteiger partial charge is 0.433 e. The molecule has 9 heteroatoms. The zero-order chi connectivity index (χ0) is 16.2. The molecular formula is C13H15F3N4OS. The molecule has 120 valence electrons. The molecule has 2 heterocycles. The summed E-state index contributed by atoms with van der Waals surface area (Å²) in [5, 5.41) is 3.55. The highest BCUT2D eigenvalue weighted by atomic mass is 32.2. The van der Waals surface area contributed by atoms with Crippen LogP contribution in [0.25, 0.3) is 0 Å². The summed E-state index contributed by atoms with van der Waals surface area (Å²) in [5.41, 5.74) is -0.966. The van der Waals surface area contributed by atoms with Crippen molar-refractivity contribution in [2.75, 3.05) is 0 Å². The molecule has 0 amide bonds. The lowest BCUT2D eigenvalue weighted by molar-refractivity contribution is -0.141. The monoisotopic (exact) mass is 332 g/mol. The van der Waals surface area contributed by atoms with Crippen LogP contribution in [0.5, 0.6) is 0 Å². The van der Waals surface area contributed by atoms with E-state index in [0.29, 0.717) is 11.7 Å². The summed E-state index contributed by atoms with van der Waals surface area (Å²) < 4.78 is 43.0. The van der Waals surface area contributed by atoms with E-state index in [1.165, 1.54) is 0 Å². The van der Waals surface area contributed by atoms with Crippen molar-refractivity contribution in [2.24, 2.45) is 0 Å². The normalized spacial score (nSPS) is 13.3. The quantitative estimate of drug-likeness (QED) is 0.587. The van der Waals surface area contributed by atoms with Gasteiger partial charge in [0, 0.05) is 12.6 Å². The number of alkyl halides is 3. The molecule has 0 saturated carbocycles. The minimum atomic E-state index is -4.49. The summed E-state index contributed by atoms with van der Waals surface area (Å²) in [5.74, 6) is 0.964. The standard InChI is InChI=1S/C13H15F3N4OS/c1-3-4-5-10-19-11(21-20-10)8(2)22-12-17-7-6-9(18-12)13(14,15)16/h6-8H,3-5H2,1-2H3/t8-/m0/s1. The van der Waals surface area contributed by atoms with Gasteiger partial charge in [-0.25, -0.2) is 9.97 Å². The molecule has 22 heavy (non-hydrogen) atoms. The Hall–Kier alpha value is -1.64. The Bertz CT molecular complexity index is 617. The second-order valence-corrected chi connectivity index (χ2v) is 5.94. The Balaban J connectivity index is 2.05. The topological polar surface area (TPSA) is 64.7 Å². The van der Waals surface area contributed by atoms with Crippen molar-refractivity contribution in [2.45, 2.75) is 49.7 Å². The fourth-order valence-electron chi connectivity index (χ4n) is 1.63. The summed E-state index contributed by atoms with van der Waals surface area (Å²) in [6, 6.07) is 0.838. The number of halogens is 3. The van der Waals surface area contributed by atoms with E-state index >= 15 is 0 Å². The molecule has 0 fully saturated rings. The Kier molecular flexibility index (Phi) is 5.38. The second kappa shape index (κ2) is 7.08. The summed E-state index contributed by atoms with van der Waals surface area (Å²) >= 11 is 1.05. The highest BCUT2D eigenvalue weighted by Crippen LogP contribution is 2.34. The van der Waals surface area contributed by atoms with Gasteiger partial charge in [-0.3, -0.25) is 0 Å². The maximum Gasteiger partial charge on any atom is 0.433 e. The summed E-state index contributed by atoms with van der Waals surface area (Å²) in [6.07, 6.45) is -0.703. The van der Waals surface area contributed by atoms with Crippen molar-refractivity contribution >= 4 is 11.8 Å². The highest BCUT2D eigenvalue weighted by Gasteiger charge is 2.33. The van der Waals surface area contributed by atoms with E-state index < -0.39 is 11.9 Å². The minimum absolute atomic E-state index is 0.0237. The van der Waals surface area contributed by atoms with Crippen LogP contribution < -0.4 is 0 Å². The SMILES string of the molecule is CCCCc1noc([C@H](C)Sc2nccc(C(F)(F)F)n2)n1. The van der Waals surface area contributed by atoms with Gasteiger partial charge in [-0.1, -0.05) is 30.3 Å². The first-order chi connectivity index (χ1) is 10.4. The number of hydrogen-bond donors (Lipinski definition) is 0. The van der Waals surface area contributed by atoms with Crippen LogP contribution in [0.2, 0.25) is 0 Å². The first-order valence-corrected chi connectivity index (χ1v) is 7.67. The van der Waals surface area contributed by atoms with Crippen molar-refractivity contribution < 1.29 is 17.7 Å². The molecule has 0 spiro atoms. The van der Waals surface area contributed by atoms with Gasteiger partial charge < -0.3 is 4.52 Å². The molecule has 5 nitrogen and oxygen atoms in total. The smallest absolute Gasteiger partial charge is 0.338 e. The Morgan fingerprint density at radius 3 is 2.77 bits per heavy atom. The average Bonchev–Trinajstić information content (AvgIpc) is 2.93. The van der Waals surface area contributed by atoms with Crippen molar-refractivity contribution in [3.63, 3.8) is 0 Å². The number of unbranched alkanes of at least 4 members (excludes halogenated alkanes) is 1. The van der Waals surface area contributed by atoms with Gasteiger partial charge in [-0.2, -0.15) is 18.2 Å². The summed E-state index contributed by atoms with van der Waals surface area (Å²) in [7, 11) is 0. The third-order valence-electron chi connectivity index (χ3n) is 2.79. The van der Waals surface area contributed by atoms with Gasteiger partial charge in [0.15, 0.2) is 11.0 Å². The third-order valence-corrected chi connectivity index (χ3v) is 3.75. The number of nitrogens with zero attached hydrogens (tertiary/aromatic N) is 4. The zero-order valence-corrected chi connectivity index (χ0v) is 12.9. The van der Waals surface area contributed by atoms with Gasteiger partial charge >= 0.3 is 6.18 Å². The van der Waals surface area contributed by atoms with E-state index in [2.05, 4.69) is 27.0 Å². The van der Waals surface area contributed by atoms with Crippen LogP contribution in [0.1, 0.15) is 49.3 Å². The molecule has 0 bridgehead atoms. The molecule has 2 rings (SSSR count). The Morgan fingerprint density at radius 2 is 2.09 bits per heavy atom. The van der Waals surface area contributed by atoms with Crippen LogP contribution in [0.4, 0.5) is 13.2 Å². The lowest BCUT2D eigenvalue weighted by Crippen LogP contribution is -2.09. The number of aromatic nitrogens is 4. The molecule has 0 saturated heterocycles.